The van der Waals surface area contributed by atoms with Crippen molar-refractivity contribution in [1.29, 1.82) is 0 Å². The maximum atomic E-state index is 11.5. The van der Waals surface area contributed by atoms with Gasteiger partial charge in [-0.1, -0.05) is 15.9 Å². The van der Waals surface area contributed by atoms with Gasteiger partial charge in [-0.25, -0.2) is 0 Å². The number of hydrogen-bond acceptors (Lipinski definition) is 2. The normalized spacial score (nSPS) is 11.1. The van der Waals surface area contributed by atoms with Crippen LogP contribution in [-0.2, 0) is 4.79 Å². The number of amides is 1. The number of ether oxygens (including phenoxy) is 1. The second-order valence-corrected chi connectivity index (χ2v) is 6.43. The summed E-state index contributed by atoms with van der Waals surface area (Å²) in [5.41, 5.74) is -0.239. The molecular formula is C12H15Br2NO2. The Morgan fingerprint density at radius 3 is 2.53 bits per heavy atom. The summed E-state index contributed by atoms with van der Waals surface area (Å²) in [5.74, 6) is 0.518. The zero-order valence-electron chi connectivity index (χ0n) is 10.0. The number of hydrogen-bond donors (Lipinski definition) is 1. The van der Waals surface area contributed by atoms with Gasteiger partial charge in [0.15, 0.2) is 6.61 Å². The predicted octanol–water partition coefficient (Wildman–Crippen LogP) is 3.51. The minimum atomic E-state index is -0.239. The van der Waals surface area contributed by atoms with E-state index in [1.54, 1.807) is 6.07 Å². The monoisotopic (exact) mass is 363 g/mol. The van der Waals surface area contributed by atoms with Crippen LogP contribution in [0.5, 0.6) is 5.75 Å². The highest BCUT2D eigenvalue weighted by molar-refractivity contribution is 9.11. The molecule has 0 aliphatic rings. The maximum absolute atomic E-state index is 11.5. The molecule has 1 amide bonds. The molecule has 0 atom stereocenters. The van der Waals surface area contributed by atoms with Crippen LogP contribution in [-0.4, -0.2) is 18.1 Å². The molecule has 0 radical (unpaired) electrons. The Kier molecular flexibility index (Phi) is 5.01. The van der Waals surface area contributed by atoms with Crippen LogP contribution >= 0.6 is 31.9 Å². The van der Waals surface area contributed by atoms with Crippen LogP contribution in [0.3, 0.4) is 0 Å². The van der Waals surface area contributed by atoms with Crippen molar-refractivity contribution >= 4 is 37.8 Å². The fraction of sp³-hybridized carbons (Fsp3) is 0.417. The molecule has 0 unspecified atom stereocenters. The SMILES string of the molecule is CC(C)(C)NC(=O)COc1ccc(Br)cc1Br. The van der Waals surface area contributed by atoms with Gasteiger partial charge in [-0.3, -0.25) is 4.79 Å². The minimum absolute atomic E-state index is 0.0114. The third kappa shape index (κ3) is 5.55. The third-order valence-corrected chi connectivity index (χ3v) is 2.88. The minimum Gasteiger partial charge on any atom is -0.483 e. The summed E-state index contributed by atoms with van der Waals surface area (Å²) in [6.45, 7) is 5.80. The zero-order valence-corrected chi connectivity index (χ0v) is 13.2. The first kappa shape index (κ1) is 14.5. The molecule has 0 aromatic heterocycles. The number of halogens is 2. The van der Waals surface area contributed by atoms with Crippen LogP contribution in [0.2, 0.25) is 0 Å². The standard InChI is InChI=1S/C12H15Br2NO2/c1-12(2,3)15-11(16)7-17-10-5-4-8(13)6-9(10)14/h4-6H,7H2,1-3H3,(H,15,16). The average molecular weight is 365 g/mol. The summed E-state index contributed by atoms with van der Waals surface area (Å²) in [4.78, 5) is 11.5. The quantitative estimate of drug-likeness (QED) is 0.891. The largest absolute Gasteiger partial charge is 0.483 e. The first-order valence-electron chi connectivity index (χ1n) is 5.17. The van der Waals surface area contributed by atoms with Crippen molar-refractivity contribution in [2.75, 3.05) is 6.61 Å². The van der Waals surface area contributed by atoms with Crippen molar-refractivity contribution in [3.8, 4) is 5.75 Å². The molecule has 1 rings (SSSR count). The van der Waals surface area contributed by atoms with E-state index in [4.69, 9.17) is 4.74 Å². The van der Waals surface area contributed by atoms with Crippen molar-refractivity contribution in [2.24, 2.45) is 0 Å². The van der Waals surface area contributed by atoms with Gasteiger partial charge >= 0.3 is 0 Å². The lowest BCUT2D eigenvalue weighted by atomic mass is 10.1. The van der Waals surface area contributed by atoms with Crippen LogP contribution in [0.25, 0.3) is 0 Å². The van der Waals surface area contributed by atoms with Crippen molar-refractivity contribution in [3.63, 3.8) is 0 Å². The van der Waals surface area contributed by atoms with Crippen LogP contribution in [0.4, 0.5) is 0 Å². The second kappa shape index (κ2) is 5.87. The first-order chi connectivity index (χ1) is 7.78. The van der Waals surface area contributed by atoms with E-state index in [9.17, 15) is 4.79 Å². The predicted molar refractivity (Wildman–Crippen MR) is 75.2 cm³/mol. The average Bonchev–Trinajstić information content (AvgIpc) is 2.13. The van der Waals surface area contributed by atoms with E-state index in [2.05, 4.69) is 37.2 Å². The summed E-state index contributed by atoms with van der Waals surface area (Å²) in [6, 6.07) is 5.54. The number of rotatable bonds is 3. The number of nitrogens with one attached hydrogen (secondary N) is 1. The van der Waals surface area contributed by atoms with E-state index in [1.807, 2.05) is 32.9 Å². The van der Waals surface area contributed by atoms with E-state index in [0.717, 1.165) is 8.95 Å². The number of carbonyl (C=O) groups excluding carboxylic acids is 1. The Bertz CT molecular complexity index is 413. The first-order valence-corrected chi connectivity index (χ1v) is 6.75. The molecule has 0 spiro atoms. The van der Waals surface area contributed by atoms with Gasteiger partial charge in [0.1, 0.15) is 5.75 Å². The molecule has 3 nitrogen and oxygen atoms in total. The van der Waals surface area contributed by atoms with Crippen LogP contribution in [0.15, 0.2) is 27.1 Å². The van der Waals surface area contributed by atoms with E-state index in [-0.39, 0.29) is 18.1 Å². The lowest BCUT2D eigenvalue weighted by Gasteiger charge is -2.20. The van der Waals surface area contributed by atoms with E-state index < -0.39 is 0 Å². The van der Waals surface area contributed by atoms with Gasteiger partial charge in [0.25, 0.3) is 5.91 Å². The van der Waals surface area contributed by atoms with Crippen LogP contribution in [0.1, 0.15) is 20.8 Å². The van der Waals surface area contributed by atoms with Gasteiger partial charge in [-0.2, -0.15) is 0 Å². The fourth-order valence-electron chi connectivity index (χ4n) is 1.19. The lowest BCUT2D eigenvalue weighted by molar-refractivity contribution is -0.124. The molecule has 0 aliphatic carbocycles. The van der Waals surface area contributed by atoms with Gasteiger partial charge in [-0.05, 0) is 54.9 Å². The van der Waals surface area contributed by atoms with Crippen molar-refractivity contribution in [2.45, 2.75) is 26.3 Å². The van der Waals surface area contributed by atoms with E-state index in [1.165, 1.54) is 0 Å². The molecule has 1 aromatic rings. The highest BCUT2D eigenvalue weighted by Crippen LogP contribution is 2.28. The second-order valence-electron chi connectivity index (χ2n) is 4.66. The van der Waals surface area contributed by atoms with Crippen molar-refractivity contribution < 1.29 is 9.53 Å². The zero-order chi connectivity index (χ0) is 13.1. The summed E-state index contributed by atoms with van der Waals surface area (Å²) in [7, 11) is 0. The van der Waals surface area contributed by atoms with Crippen molar-refractivity contribution in [1.82, 2.24) is 5.32 Å². The summed E-state index contributed by atoms with van der Waals surface area (Å²) >= 11 is 6.72. The molecule has 0 bridgehead atoms. The summed E-state index contributed by atoms with van der Waals surface area (Å²) < 4.78 is 7.19. The highest BCUT2D eigenvalue weighted by atomic mass is 79.9. The summed E-state index contributed by atoms with van der Waals surface area (Å²) in [5, 5.41) is 2.83. The summed E-state index contributed by atoms with van der Waals surface area (Å²) in [6.07, 6.45) is 0. The molecule has 0 fully saturated rings. The molecule has 0 heterocycles. The Labute approximate surface area is 118 Å². The highest BCUT2D eigenvalue weighted by Gasteiger charge is 2.14. The fourth-order valence-corrected chi connectivity index (χ4v) is 2.35. The van der Waals surface area contributed by atoms with Gasteiger partial charge < -0.3 is 10.1 Å². The third-order valence-electron chi connectivity index (χ3n) is 1.77. The molecule has 0 saturated carbocycles. The number of benzene rings is 1. The molecule has 0 saturated heterocycles. The van der Waals surface area contributed by atoms with Gasteiger partial charge in [0.05, 0.1) is 4.47 Å². The van der Waals surface area contributed by atoms with E-state index in [0.29, 0.717) is 5.75 Å². The lowest BCUT2D eigenvalue weighted by Crippen LogP contribution is -2.43. The van der Waals surface area contributed by atoms with Gasteiger partial charge in [-0.15, -0.1) is 0 Å². The van der Waals surface area contributed by atoms with Crippen LogP contribution in [0, 0.1) is 0 Å². The molecule has 1 aromatic carbocycles. The molecular weight excluding hydrogens is 350 g/mol. The van der Waals surface area contributed by atoms with Gasteiger partial charge in [0, 0.05) is 10.0 Å². The van der Waals surface area contributed by atoms with Gasteiger partial charge in [0.2, 0.25) is 0 Å². The Balaban J connectivity index is 2.53. The van der Waals surface area contributed by atoms with Crippen LogP contribution < -0.4 is 10.1 Å². The molecule has 0 aliphatic heterocycles. The molecule has 94 valence electrons. The smallest absolute Gasteiger partial charge is 0.258 e. The Hall–Kier alpha value is -0.550. The Morgan fingerprint density at radius 2 is 2.00 bits per heavy atom. The topological polar surface area (TPSA) is 38.3 Å². The van der Waals surface area contributed by atoms with Crippen molar-refractivity contribution in [3.05, 3.63) is 27.1 Å². The molecule has 17 heavy (non-hydrogen) atoms. The molecule has 5 heteroatoms. The maximum Gasteiger partial charge on any atom is 0.258 e. The number of carbonyl (C=O) groups is 1. The molecule has 1 N–H and O–H groups in total. The van der Waals surface area contributed by atoms with E-state index >= 15 is 0 Å². The Morgan fingerprint density at radius 1 is 1.35 bits per heavy atom.